The van der Waals surface area contributed by atoms with E-state index in [9.17, 15) is 4.79 Å². The van der Waals surface area contributed by atoms with Crippen molar-refractivity contribution in [1.29, 1.82) is 0 Å². The molecule has 1 saturated heterocycles. The molecule has 0 aromatic heterocycles. The lowest BCUT2D eigenvalue weighted by molar-refractivity contribution is -0.125. The van der Waals surface area contributed by atoms with Gasteiger partial charge in [-0.2, -0.15) is 0 Å². The molecule has 1 amide bonds. The van der Waals surface area contributed by atoms with Gasteiger partial charge in [0.2, 0.25) is 5.91 Å². The number of nitrogens with zero attached hydrogens (tertiary/aromatic N) is 1. The summed E-state index contributed by atoms with van der Waals surface area (Å²) in [5.41, 5.74) is 0. The van der Waals surface area contributed by atoms with Crippen LogP contribution in [0, 0.1) is 0 Å². The minimum Gasteiger partial charge on any atom is -0.372 e. The number of amides is 1. The van der Waals surface area contributed by atoms with E-state index in [0.29, 0.717) is 13.2 Å². The zero-order valence-corrected chi connectivity index (χ0v) is 9.42. The van der Waals surface area contributed by atoms with Gasteiger partial charge in [0, 0.05) is 45.9 Å². The van der Waals surface area contributed by atoms with Crippen LogP contribution in [0.1, 0.15) is 6.92 Å². The summed E-state index contributed by atoms with van der Waals surface area (Å²) in [6, 6.07) is 0. The molecule has 1 aliphatic rings. The van der Waals surface area contributed by atoms with Gasteiger partial charge in [-0.1, -0.05) is 0 Å². The van der Waals surface area contributed by atoms with Gasteiger partial charge >= 0.3 is 0 Å². The Morgan fingerprint density at radius 2 is 2.20 bits per heavy atom. The lowest BCUT2D eigenvalue weighted by atomic mass is 10.3. The number of rotatable bonds is 6. The standard InChI is InChI=1S/C10H21N3O2/c1-2-15-9-10(14)12-5-8-13-6-3-11-4-7-13/h11H,2-9H2,1H3,(H,12,14). The van der Waals surface area contributed by atoms with E-state index in [2.05, 4.69) is 15.5 Å². The molecule has 1 fully saturated rings. The van der Waals surface area contributed by atoms with Crippen molar-refractivity contribution in [2.45, 2.75) is 6.92 Å². The van der Waals surface area contributed by atoms with E-state index < -0.39 is 0 Å². The predicted octanol–water partition coefficient (Wildman–Crippen LogP) is -0.956. The maximum atomic E-state index is 11.2. The summed E-state index contributed by atoms with van der Waals surface area (Å²) in [5, 5.41) is 6.13. The fourth-order valence-electron chi connectivity index (χ4n) is 1.53. The lowest BCUT2D eigenvalue weighted by Gasteiger charge is -2.27. The van der Waals surface area contributed by atoms with Crippen molar-refractivity contribution in [2.24, 2.45) is 0 Å². The first kappa shape index (κ1) is 12.4. The van der Waals surface area contributed by atoms with Crippen molar-refractivity contribution in [3.8, 4) is 0 Å². The summed E-state index contributed by atoms with van der Waals surface area (Å²) in [4.78, 5) is 13.5. The largest absolute Gasteiger partial charge is 0.372 e. The molecule has 2 N–H and O–H groups in total. The summed E-state index contributed by atoms with van der Waals surface area (Å²) in [7, 11) is 0. The van der Waals surface area contributed by atoms with Crippen molar-refractivity contribution in [3.05, 3.63) is 0 Å². The van der Waals surface area contributed by atoms with Crippen LogP contribution in [0.15, 0.2) is 0 Å². The SMILES string of the molecule is CCOCC(=O)NCCN1CCNCC1. The average molecular weight is 215 g/mol. The van der Waals surface area contributed by atoms with E-state index in [1.54, 1.807) is 0 Å². The second-order valence-electron chi connectivity index (χ2n) is 3.58. The number of carbonyl (C=O) groups is 1. The molecular formula is C10H21N3O2. The fourth-order valence-corrected chi connectivity index (χ4v) is 1.53. The van der Waals surface area contributed by atoms with Gasteiger partial charge in [0.25, 0.3) is 0 Å². The minimum atomic E-state index is -0.0213. The molecule has 1 heterocycles. The number of piperazine rings is 1. The first-order chi connectivity index (χ1) is 7.33. The third-order valence-electron chi connectivity index (χ3n) is 2.40. The maximum Gasteiger partial charge on any atom is 0.246 e. The van der Waals surface area contributed by atoms with E-state index in [1.807, 2.05) is 6.92 Å². The van der Waals surface area contributed by atoms with Crippen LogP contribution in [0.25, 0.3) is 0 Å². The summed E-state index contributed by atoms with van der Waals surface area (Å²) >= 11 is 0. The van der Waals surface area contributed by atoms with Gasteiger partial charge < -0.3 is 15.4 Å². The molecule has 0 aromatic rings. The molecular weight excluding hydrogens is 194 g/mol. The zero-order valence-electron chi connectivity index (χ0n) is 9.42. The third kappa shape index (κ3) is 5.71. The van der Waals surface area contributed by atoms with Crippen LogP contribution in [0.3, 0.4) is 0 Å². The van der Waals surface area contributed by atoms with Crippen LogP contribution in [-0.4, -0.2) is 63.3 Å². The number of nitrogens with one attached hydrogen (secondary N) is 2. The number of ether oxygens (including phenoxy) is 1. The van der Waals surface area contributed by atoms with Gasteiger partial charge in [0.05, 0.1) is 0 Å². The van der Waals surface area contributed by atoms with Gasteiger partial charge in [0.15, 0.2) is 0 Å². The van der Waals surface area contributed by atoms with Crippen LogP contribution in [0.2, 0.25) is 0 Å². The molecule has 1 aliphatic heterocycles. The van der Waals surface area contributed by atoms with Crippen LogP contribution in [0.4, 0.5) is 0 Å². The molecule has 0 atom stereocenters. The monoisotopic (exact) mass is 215 g/mol. The minimum absolute atomic E-state index is 0.0213. The highest BCUT2D eigenvalue weighted by Crippen LogP contribution is 1.89. The molecule has 0 radical (unpaired) electrons. The predicted molar refractivity (Wildman–Crippen MR) is 58.8 cm³/mol. The second kappa shape index (κ2) is 7.62. The molecule has 5 nitrogen and oxygen atoms in total. The number of carbonyl (C=O) groups excluding carboxylic acids is 1. The molecule has 15 heavy (non-hydrogen) atoms. The van der Waals surface area contributed by atoms with E-state index in [1.165, 1.54) is 0 Å². The Labute approximate surface area is 91.2 Å². The molecule has 0 saturated carbocycles. The van der Waals surface area contributed by atoms with Crippen LogP contribution < -0.4 is 10.6 Å². The maximum absolute atomic E-state index is 11.2. The van der Waals surface area contributed by atoms with Gasteiger partial charge in [-0.3, -0.25) is 9.69 Å². The highest BCUT2D eigenvalue weighted by atomic mass is 16.5. The van der Waals surface area contributed by atoms with E-state index >= 15 is 0 Å². The molecule has 0 spiro atoms. The van der Waals surface area contributed by atoms with E-state index in [-0.39, 0.29) is 12.5 Å². The highest BCUT2D eigenvalue weighted by Gasteiger charge is 2.08. The van der Waals surface area contributed by atoms with E-state index in [4.69, 9.17) is 4.74 Å². The normalized spacial score (nSPS) is 17.7. The average Bonchev–Trinajstić information content (AvgIpc) is 2.28. The number of hydrogen-bond acceptors (Lipinski definition) is 4. The quantitative estimate of drug-likeness (QED) is 0.599. The Balaban J connectivity index is 1.97. The van der Waals surface area contributed by atoms with Crippen molar-refractivity contribution < 1.29 is 9.53 Å². The Morgan fingerprint density at radius 3 is 2.87 bits per heavy atom. The second-order valence-corrected chi connectivity index (χ2v) is 3.58. The van der Waals surface area contributed by atoms with Crippen molar-refractivity contribution in [1.82, 2.24) is 15.5 Å². The first-order valence-corrected chi connectivity index (χ1v) is 5.60. The highest BCUT2D eigenvalue weighted by molar-refractivity contribution is 5.77. The van der Waals surface area contributed by atoms with Gasteiger partial charge in [0.1, 0.15) is 6.61 Å². The Morgan fingerprint density at radius 1 is 1.47 bits per heavy atom. The smallest absolute Gasteiger partial charge is 0.246 e. The topological polar surface area (TPSA) is 53.6 Å². The molecule has 0 aliphatic carbocycles. The Hall–Kier alpha value is -0.650. The summed E-state index contributed by atoms with van der Waals surface area (Å²) in [6.45, 7) is 8.53. The van der Waals surface area contributed by atoms with E-state index in [0.717, 1.165) is 32.7 Å². The first-order valence-electron chi connectivity index (χ1n) is 5.60. The Bertz CT molecular complexity index is 182. The number of hydrogen-bond donors (Lipinski definition) is 2. The Kier molecular flexibility index (Phi) is 6.31. The zero-order chi connectivity index (χ0) is 10.9. The van der Waals surface area contributed by atoms with Crippen molar-refractivity contribution in [3.63, 3.8) is 0 Å². The molecule has 0 bridgehead atoms. The van der Waals surface area contributed by atoms with Crippen molar-refractivity contribution in [2.75, 3.05) is 52.5 Å². The van der Waals surface area contributed by atoms with Gasteiger partial charge in [-0.15, -0.1) is 0 Å². The lowest BCUT2D eigenvalue weighted by Crippen LogP contribution is -2.46. The van der Waals surface area contributed by atoms with Crippen LogP contribution in [-0.2, 0) is 9.53 Å². The molecule has 0 aromatic carbocycles. The fraction of sp³-hybridized carbons (Fsp3) is 0.900. The van der Waals surface area contributed by atoms with Crippen molar-refractivity contribution >= 4 is 5.91 Å². The molecule has 1 rings (SSSR count). The van der Waals surface area contributed by atoms with Gasteiger partial charge in [-0.25, -0.2) is 0 Å². The summed E-state index contributed by atoms with van der Waals surface area (Å²) in [5.74, 6) is -0.0213. The molecule has 88 valence electrons. The van der Waals surface area contributed by atoms with Gasteiger partial charge in [-0.05, 0) is 6.92 Å². The molecule has 0 unspecified atom stereocenters. The third-order valence-corrected chi connectivity index (χ3v) is 2.40. The van der Waals surface area contributed by atoms with Crippen LogP contribution in [0.5, 0.6) is 0 Å². The summed E-state index contributed by atoms with van der Waals surface area (Å²) < 4.78 is 5.00. The van der Waals surface area contributed by atoms with Crippen LogP contribution >= 0.6 is 0 Å². The summed E-state index contributed by atoms with van der Waals surface area (Å²) in [6.07, 6.45) is 0. The molecule has 5 heteroatoms.